The van der Waals surface area contributed by atoms with E-state index in [9.17, 15) is 13.2 Å². The molecule has 1 fully saturated rings. The standard InChI is InChI=1S/C23H29ClN2O4S/c24-19-12-14-20(15-13-19)26(31(28,29)22-10-5-2-6-11-22)18-23(27)25-16-7-17-30-21-8-3-1-4-9-21/h2,5-6,10-15,21H,1,3-4,7-9,16-18H2,(H,25,27). The number of nitrogens with zero attached hydrogens (tertiary/aromatic N) is 1. The lowest BCUT2D eigenvalue weighted by atomic mass is 9.98. The molecule has 1 N–H and O–H groups in total. The van der Waals surface area contributed by atoms with Crippen molar-refractivity contribution in [3.05, 3.63) is 59.6 Å². The summed E-state index contributed by atoms with van der Waals surface area (Å²) in [5, 5.41) is 3.29. The van der Waals surface area contributed by atoms with Crippen molar-refractivity contribution < 1.29 is 17.9 Å². The van der Waals surface area contributed by atoms with E-state index < -0.39 is 10.0 Å². The van der Waals surface area contributed by atoms with E-state index in [1.165, 1.54) is 31.4 Å². The van der Waals surface area contributed by atoms with E-state index in [1.807, 2.05) is 0 Å². The van der Waals surface area contributed by atoms with Gasteiger partial charge >= 0.3 is 0 Å². The van der Waals surface area contributed by atoms with Crippen LogP contribution in [0, 0.1) is 0 Å². The molecule has 31 heavy (non-hydrogen) atoms. The van der Waals surface area contributed by atoms with Crippen LogP contribution in [0.15, 0.2) is 59.5 Å². The van der Waals surface area contributed by atoms with E-state index >= 15 is 0 Å². The van der Waals surface area contributed by atoms with Crippen molar-refractivity contribution in [2.24, 2.45) is 0 Å². The Kier molecular flexibility index (Phi) is 8.75. The topological polar surface area (TPSA) is 75.7 Å². The Morgan fingerprint density at radius 1 is 1.03 bits per heavy atom. The van der Waals surface area contributed by atoms with Crippen LogP contribution in [0.2, 0.25) is 5.02 Å². The molecule has 0 aliphatic heterocycles. The Balaban J connectivity index is 1.59. The Bertz CT molecular complexity index is 930. The van der Waals surface area contributed by atoms with Crippen LogP contribution in [0.4, 0.5) is 5.69 Å². The predicted molar refractivity (Wildman–Crippen MR) is 123 cm³/mol. The lowest BCUT2D eigenvalue weighted by Crippen LogP contribution is -2.41. The number of benzene rings is 2. The number of halogens is 1. The van der Waals surface area contributed by atoms with Gasteiger partial charge < -0.3 is 10.1 Å². The van der Waals surface area contributed by atoms with Gasteiger partial charge in [0.15, 0.2) is 0 Å². The minimum absolute atomic E-state index is 0.124. The number of nitrogens with one attached hydrogen (secondary N) is 1. The zero-order valence-corrected chi connectivity index (χ0v) is 19.1. The number of carbonyl (C=O) groups is 1. The molecule has 0 heterocycles. The Labute approximate surface area is 189 Å². The molecule has 2 aromatic carbocycles. The van der Waals surface area contributed by atoms with Gasteiger partial charge in [-0.25, -0.2) is 8.42 Å². The lowest BCUT2D eigenvalue weighted by Gasteiger charge is -2.24. The first-order valence-corrected chi connectivity index (χ1v) is 12.5. The van der Waals surface area contributed by atoms with Crippen LogP contribution >= 0.6 is 11.6 Å². The van der Waals surface area contributed by atoms with Crippen LogP contribution in [-0.2, 0) is 19.6 Å². The van der Waals surface area contributed by atoms with Gasteiger partial charge in [-0.15, -0.1) is 0 Å². The fourth-order valence-electron chi connectivity index (χ4n) is 3.61. The van der Waals surface area contributed by atoms with Gasteiger partial charge in [-0.2, -0.15) is 0 Å². The molecule has 6 nitrogen and oxygen atoms in total. The third kappa shape index (κ3) is 6.95. The quantitative estimate of drug-likeness (QED) is 0.529. The van der Waals surface area contributed by atoms with E-state index in [0.717, 1.165) is 17.1 Å². The first kappa shape index (κ1) is 23.6. The van der Waals surface area contributed by atoms with Gasteiger partial charge in [0.2, 0.25) is 5.91 Å². The molecule has 1 amide bonds. The first-order valence-electron chi connectivity index (χ1n) is 10.7. The van der Waals surface area contributed by atoms with Gasteiger partial charge in [-0.05, 0) is 55.7 Å². The van der Waals surface area contributed by atoms with E-state index in [1.54, 1.807) is 42.5 Å². The van der Waals surface area contributed by atoms with E-state index in [4.69, 9.17) is 16.3 Å². The van der Waals surface area contributed by atoms with E-state index in [2.05, 4.69) is 5.32 Å². The molecule has 0 radical (unpaired) electrons. The number of hydrogen-bond donors (Lipinski definition) is 1. The van der Waals surface area contributed by atoms with E-state index in [-0.39, 0.29) is 17.3 Å². The van der Waals surface area contributed by atoms with Crippen molar-refractivity contribution in [1.29, 1.82) is 0 Å². The summed E-state index contributed by atoms with van der Waals surface area (Å²) in [6.45, 7) is 0.710. The molecular formula is C23H29ClN2O4S. The van der Waals surface area contributed by atoms with Gasteiger partial charge in [-0.3, -0.25) is 9.10 Å². The van der Waals surface area contributed by atoms with Crippen molar-refractivity contribution in [2.75, 3.05) is 24.0 Å². The molecule has 0 saturated heterocycles. The lowest BCUT2D eigenvalue weighted by molar-refractivity contribution is -0.119. The highest BCUT2D eigenvalue weighted by Crippen LogP contribution is 2.25. The fourth-order valence-corrected chi connectivity index (χ4v) is 5.18. The summed E-state index contributed by atoms with van der Waals surface area (Å²) in [7, 11) is -3.91. The summed E-state index contributed by atoms with van der Waals surface area (Å²) in [6.07, 6.45) is 6.97. The van der Waals surface area contributed by atoms with Crippen LogP contribution in [0.1, 0.15) is 38.5 Å². The molecule has 1 saturated carbocycles. The van der Waals surface area contributed by atoms with Crippen LogP contribution in [-0.4, -0.2) is 40.1 Å². The SMILES string of the molecule is O=C(CN(c1ccc(Cl)cc1)S(=O)(=O)c1ccccc1)NCCCOC1CCCCC1. The van der Waals surface area contributed by atoms with Crippen LogP contribution in [0.25, 0.3) is 0 Å². The highest BCUT2D eigenvalue weighted by molar-refractivity contribution is 7.92. The number of sulfonamides is 1. The minimum atomic E-state index is -3.91. The maximum atomic E-state index is 13.2. The van der Waals surface area contributed by atoms with Crippen molar-refractivity contribution in [3.63, 3.8) is 0 Å². The molecule has 1 aliphatic carbocycles. The number of amides is 1. The second kappa shape index (κ2) is 11.5. The summed E-state index contributed by atoms with van der Waals surface area (Å²) in [4.78, 5) is 12.7. The zero-order valence-electron chi connectivity index (χ0n) is 17.5. The van der Waals surface area contributed by atoms with Gasteiger partial charge in [0.25, 0.3) is 10.0 Å². The number of carbonyl (C=O) groups excluding carboxylic acids is 1. The monoisotopic (exact) mass is 464 g/mol. The number of ether oxygens (including phenoxy) is 1. The second-order valence-corrected chi connectivity index (χ2v) is 9.93. The van der Waals surface area contributed by atoms with Gasteiger partial charge in [-0.1, -0.05) is 49.1 Å². The highest BCUT2D eigenvalue weighted by Gasteiger charge is 2.27. The molecule has 0 bridgehead atoms. The molecule has 2 aromatic rings. The second-order valence-electron chi connectivity index (χ2n) is 7.64. The summed E-state index contributed by atoms with van der Waals surface area (Å²) in [5.41, 5.74) is 0.379. The van der Waals surface area contributed by atoms with Crippen molar-refractivity contribution in [1.82, 2.24) is 5.32 Å². The third-order valence-electron chi connectivity index (χ3n) is 5.28. The predicted octanol–water partition coefficient (Wildman–Crippen LogP) is 4.39. The molecule has 0 unspecified atom stereocenters. The molecule has 0 atom stereocenters. The molecule has 0 spiro atoms. The number of hydrogen-bond acceptors (Lipinski definition) is 4. The number of rotatable bonds is 10. The van der Waals surface area contributed by atoms with Gasteiger partial charge in [0.1, 0.15) is 6.54 Å². The number of anilines is 1. The Morgan fingerprint density at radius 2 is 1.71 bits per heavy atom. The third-order valence-corrected chi connectivity index (χ3v) is 7.32. The first-order chi connectivity index (χ1) is 15.0. The summed E-state index contributed by atoms with van der Waals surface area (Å²) in [6, 6.07) is 14.5. The Morgan fingerprint density at radius 3 is 2.39 bits per heavy atom. The Hall–Kier alpha value is -2.09. The van der Waals surface area contributed by atoms with Crippen LogP contribution in [0.3, 0.4) is 0 Å². The summed E-state index contributed by atoms with van der Waals surface area (Å²) >= 11 is 5.95. The van der Waals surface area contributed by atoms with Crippen LogP contribution in [0.5, 0.6) is 0 Å². The minimum Gasteiger partial charge on any atom is -0.378 e. The maximum Gasteiger partial charge on any atom is 0.264 e. The van der Waals surface area contributed by atoms with Gasteiger partial charge in [0.05, 0.1) is 16.7 Å². The maximum absolute atomic E-state index is 13.2. The average Bonchev–Trinajstić information content (AvgIpc) is 2.79. The molecule has 0 aromatic heterocycles. The van der Waals surface area contributed by atoms with E-state index in [0.29, 0.717) is 36.4 Å². The molecule has 3 rings (SSSR count). The summed E-state index contributed by atoms with van der Waals surface area (Å²) in [5.74, 6) is -0.368. The van der Waals surface area contributed by atoms with Crippen LogP contribution < -0.4 is 9.62 Å². The summed E-state index contributed by atoms with van der Waals surface area (Å²) < 4.78 is 33.4. The largest absolute Gasteiger partial charge is 0.378 e. The zero-order chi connectivity index (χ0) is 22.1. The fraction of sp³-hybridized carbons (Fsp3) is 0.435. The van der Waals surface area contributed by atoms with Crippen molar-refractivity contribution in [2.45, 2.75) is 49.5 Å². The molecule has 8 heteroatoms. The van der Waals surface area contributed by atoms with Crippen molar-refractivity contribution >= 4 is 33.2 Å². The molecule has 168 valence electrons. The normalized spacial score (nSPS) is 14.9. The highest BCUT2D eigenvalue weighted by atomic mass is 35.5. The molecule has 1 aliphatic rings. The smallest absolute Gasteiger partial charge is 0.264 e. The molecular weight excluding hydrogens is 436 g/mol. The average molecular weight is 465 g/mol. The van der Waals surface area contributed by atoms with Gasteiger partial charge in [0, 0.05) is 18.2 Å². The van der Waals surface area contributed by atoms with Crippen molar-refractivity contribution in [3.8, 4) is 0 Å².